The number of hydrogen-bond acceptors (Lipinski definition) is 6. The van der Waals surface area contributed by atoms with Gasteiger partial charge in [-0.15, -0.1) is 11.3 Å². The van der Waals surface area contributed by atoms with Gasteiger partial charge in [-0.2, -0.15) is 0 Å². The molecule has 0 aliphatic carbocycles. The van der Waals surface area contributed by atoms with Gasteiger partial charge >= 0.3 is 5.69 Å². The highest BCUT2D eigenvalue weighted by Crippen LogP contribution is 2.34. The number of nitro groups is 1. The van der Waals surface area contributed by atoms with E-state index < -0.39 is 4.92 Å². The van der Waals surface area contributed by atoms with Gasteiger partial charge in [0.25, 0.3) is 0 Å². The summed E-state index contributed by atoms with van der Waals surface area (Å²) < 4.78 is 0. The Kier molecular flexibility index (Phi) is 3.96. The maximum Gasteiger partial charge on any atom is 0.314 e. The molecule has 0 aliphatic rings. The van der Waals surface area contributed by atoms with Gasteiger partial charge in [0, 0.05) is 11.6 Å². The third kappa shape index (κ3) is 2.82. The quantitative estimate of drug-likeness (QED) is 0.497. The van der Waals surface area contributed by atoms with Crippen LogP contribution in [0.4, 0.5) is 17.1 Å². The number of aromatic nitrogens is 1. The molecule has 2 rings (SSSR count). The second-order valence-electron chi connectivity index (χ2n) is 3.98. The molecule has 1 aromatic heterocycles. The van der Waals surface area contributed by atoms with E-state index in [1.54, 1.807) is 18.3 Å². The van der Waals surface area contributed by atoms with E-state index in [0.29, 0.717) is 5.69 Å². The van der Waals surface area contributed by atoms with E-state index in [1.165, 1.54) is 17.4 Å². The predicted molar refractivity (Wildman–Crippen MR) is 76.3 cm³/mol. The van der Waals surface area contributed by atoms with E-state index >= 15 is 0 Å². The lowest BCUT2D eigenvalue weighted by atomic mass is 10.2. The second kappa shape index (κ2) is 5.66. The minimum atomic E-state index is -0.466. The van der Waals surface area contributed by atoms with Crippen LogP contribution >= 0.6 is 11.3 Å². The van der Waals surface area contributed by atoms with Crippen molar-refractivity contribution in [2.75, 3.05) is 11.1 Å². The Morgan fingerprint density at radius 3 is 2.95 bits per heavy atom. The van der Waals surface area contributed by atoms with Gasteiger partial charge in [0.1, 0.15) is 16.4 Å². The molecular formula is C12H14N4O2S. The van der Waals surface area contributed by atoms with Crippen molar-refractivity contribution in [3.05, 3.63) is 44.9 Å². The maximum absolute atomic E-state index is 11.1. The van der Waals surface area contributed by atoms with Crippen molar-refractivity contribution < 1.29 is 4.92 Å². The maximum atomic E-state index is 11.1. The third-order valence-electron chi connectivity index (χ3n) is 2.74. The zero-order valence-electron chi connectivity index (χ0n) is 10.4. The molecule has 1 heterocycles. The van der Waals surface area contributed by atoms with Crippen molar-refractivity contribution in [3.63, 3.8) is 0 Å². The van der Waals surface area contributed by atoms with Gasteiger partial charge in [-0.05, 0) is 18.6 Å². The zero-order valence-corrected chi connectivity index (χ0v) is 11.2. The number of rotatable bonds is 5. The van der Waals surface area contributed by atoms with Gasteiger partial charge in [-0.25, -0.2) is 4.98 Å². The second-order valence-corrected chi connectivity index (χ2v) is 4.90. The zero-order chi connectivity index (χ0) is 13.8. The molecule has 3 N–H and O–H groups in total. The Labute approximate surface area is 114 Å². The lowest BCUT2D eigenvalue weighted by Crippen LogP contribution is -2.11. The standard InChI is InChI=1S/C12H14N4O2S/c1-2-9(12-14-6-7-19-12)15-10-5-3-4-8(13)11(10)16(17)18/h3-7,9,15H,2,13H2,1H3. The summed E-state index contributed by atoms with van der Waals surface area (Å²) in [6.45, 7) is 2.00. The first-order valence-electron chi connectivity index (χ1n) is 5.82. The van der Waals surface area contributed by atoms with E-state index in [-0.39, 0.29) is 17.4 Å². The molecule has 0 aliphatic heterocycles. The first-order valence-corrected chi connectivity index (χ1v) is 6.70. The van der Waals surface area contributed by atoms with Gasteiger partial charge in [-0.3, -0.25) is 10.1 Å². The van der Waals surface area contributed by atoms with E-state index in [2.05, 4.69) is 10.3 Å². The number of hydrogen-bond donors (Lipinski definition) is 2. The molecule has 0 amide bonds. The molecule has 0 fully saturated rings. The van der Waals surface area contributed by atoms with Crippen LogP contribution in [0.5, 0.6) is 0 Å². The number of nitrogens with one attached hydrogen (secondary N) is 1. The van der Waals surface area contributed by atoms with Crippen molar-refractivity contribution in [1.82, 2.24) is 4.98 Å². The van der Waals surface area contributed by atoms with Crippen LogP contribution in [-0.2, 0) is 0 Å². The number of nitrogens with zero attached hydrogens (tertiary/aromatic N) is 2. The van der Waals surface area contributed by atoms with Crippen molar-refractivity contribution in [3.8, 4) is 0 Å². The Morgan fingerprint density at radius 2 is 2.37 bits per heavy atom. The number of nitrogens with two attached hydrogens (primary N) is 1. The number of anilines is 2. The largest absolute Gasteiger partial charge is 0.393 e. The topological polar surface area (TPSA) is 94.1 Å². The fraction of sp³-hybridized carbons (Fsp3) is 0.250. The summed E-state index contributed by atoms with van der Waals surface area (Å²) in [5, 5.41) is 17.0. The summed E-state index contributed by atoms with van der Waals surface area (Å²) in [5.41, 5.74) is 6.16. The summed E-state index contributed by atoms with van der Waals surface area (Å²) in [5.74, 6) is 0. The lowest BCUT2D eigenvalue weighted by Gasteiger charge is -2.16. The first kappa shape index (κ1) is 13.3. The average Bonchev–Trinajstić information content (AvgIpc) is 2.89. The van der Waals surface area contributed by atoms with Crippen molar-refractivity contribution >= 4 is 28.4 Å². The van der Waals surface area contributed by atoms with E-state index in [1.807, 2.05) is 12.3 Å². The third-order valence-corrected chi connectivity index (χ3v) is 3.63. The van der Waals surface area contributed by atoms with Gasteiger partial charge in [0.2, 0.25) is 0 Å². The highest BCUT2D eigenvalue weighted by molar-refractivity contribution is 7.09. The van der Waals surface area contributed by atoms with Crippen LogP contribution in [0.1, 0.15) is 24.4 Å². The minimum absolute atomic E-state index is 0.0551. The molecule has 0 spiro atoms. The van der Waals surface area contributed by atoms with Gasteiger partial charge in [0.15, 0.2) is 0 Å². The molecule has 0 saturated heterocycles. The molecule has 0 radical (unpaired) electrons. The summed E-state index contributed by atoms with van der Waals surface area (Å²) >= 11 is 1.52. The minimum Gasteiger partial charge on any atom is -0.393 e. The number of para-hydroxylation sites is 1. The van der Waals surface area contributed by atoms with E-state index in [9.17, 15) is 10.1 Å². The predicted octanol–water partition coefficient (Wildman–Crippen LogP) is 3.20. The fourth-order valence-corrected chi connectivity index (χ4v) is 2.59. The highest BCUT2D eigenvalue weighted by Gasteiger charge is 2.21. The number of benzene rings is 1. The first-order chi connectivity index (χ1) is 9.13. The summed E-state index contributed by atoms with van der Waals surface area (Å²) in [7, 11) is 0. The number of nitrogen functional groups attached to an aromatic ring is 1. The van der Waals surface area contributed by atoms with Crippen LogP contribution in [0.2, 0.25) is 0 Å². The number of thiazole rings is 1. The Balaban J connectivity index is 2.32. The molecule has 100 valence electrons. The van der Waals surface area contributed by atoms with E-state index in [0.717, 1.165) is 11.4 Å². The van der Waals surface area contributed by atoms with Crippen molar-refractivity contribution in [2.45, 2.75) is 19.4 Å². The van der Waals surface area contributed by atoms with Gasteiger partial charge in [-0.1, -0.05) is 13.0 Å². The fourth-order valence-electron chi connectivity index (χ4n) is 1.81. The highest BCUT2D eigenvalue weighted by atomic mass is 32.1. The summed E-state index contributed by atoms with van der Waals surface area (Å²) in [6, 6.07) is 4.82. The van der Waals surface area contributed by atoms with Crippen LogP contribution in [0.3, 0.4) is 0 Å². The monoisotopic (exact) mass is 278 g/mol. The lowest BCUT2D eigenvalue weighted by molar-refractivity contribution is -0.383. The van der Waals surface area contributed by atoms with E-state index in [4.69, 9.17) is 5.73 Å². The van der Waals surface area contributed by atoms with Crippen LogP contribution in [0.15, 0.2) is 29.8 Å². The molecule has 1 unspecified atom stereocenters. The van der Waals surface area contributed by atoms with Crippen molar-refractivity contribution in [1.29, 1.82) is 0 Å². The van der Waals surface area contributed by atoms with Gasteiger partial charge in [0.05, 0.1) is 11.0 Å². The van der Waals surface area contributed by atoms with Crippen LogP contribution in [-0.4, -0.2) is 9.91 Å². The smallest absolute Gasteiger partial charge is 0.314 e. The molecule has 1 atom stereocenters. The Bertz CT molecular complexity index is 571. The van der Waals surface area contributed by atoms with Crippen molar-refractivity contribution in [2.24, 2.45) is 0 Å². The molecule has 2 aromatic rings. The Morgan fingerprint density at radius 1 is 1.58 bits per heavy atom. The van der Waals surface area contributed by atoms with Gasteiger partial charge < -0.3 is 11.1 Å². The Hall–Kier alpha value is -2.15. The van der Waals surface area contributed by atoms with Crippen LogP contribution in [0, 0.1) is 10.1 Å². The average molecular weight is 278 g/mol. The normalized spacial score (nSPS) is 12.1. The molecular weight excluding hydrogens is 264 g/mol. The molecule has 0 bridgehead atoms. The summed E-state index contributed by atoms with van der Waals surface area (Å²) in [4.78, 5) is 14.8. The van der Waals surface area contributed by atoms with Crippen LogP contribution < -0.4 is 11.1 Å². The molecule has 6 nitrogen and oxygen atoms in total. The molecule has 0 saturated carbocycles. The molecule has 19 heavy (non-hydrogen) atoms. The molecule has 1 aromatic carbocycles. The van der Waals surface area contributed by atoms with Crippen LogP contribution in [0.25, 0.3) is 0 Å². The molecule has 7 heteroatoms. The SMILES string of the molecule is CCC(Nc1cccc(N)c1[N+](=O)[O-])c1nccs1. The summed E-state index contributed by atoms with van der Waals surface area (Å²) in [6.07, 6.45) is 2.50. The number of nitro benzene ring substituents is 1.